The van der Waals surface area contributed by atoms with Gasteiger partial charge in [-0.3, -0.25) is 0 Å². The van der Waals surface area contributed by atoms with Crippen molar-refractivity contribution in [1.29, 1.82) is 0 Å². The zero-order valence-corrected chi connectivity index (χ0v) is 5.87. The zero-order valence-electron chi connectivity index (χ0n) is 6.87. The fourth-order valence-electron chi connectivity index (χ4n) is 1.08. The van der Waals surface area contributed by atoms with Crippen LogP contribution < -0.4 is 0 Å². The summed E-state index contributed by atoms with van der Waals surface area (Å²) in [6, 6.07) is 9.88. The molecule has 0 aliphatic carbocycles. The summed E-state index contributed by atoms with van der Waals surface area (Å²) in [6.45, 7) is 1.78. The Morgan fingerprint density at radius 1 is 1.40 bits per heavy atom. The predicted molar refractivity (Wildman–Crippen MR) is 39.7 cm³/mol. The summed E-state index contributed by atoms with van der Waals surface area (Å²) in [6.07, 6.45) is -0.690. The molecule has 2 atom stereocenters. The van der Waals surface area contributed by atoms with Gasteiger partial charge in [0.1, 0.15) is 6.10 Å². The van der Waals surface area contributed by atoms with Crippen LogP contribution in [0.1, 0.15) is 20.0 Å². The molecular weight excluding hydrogens is 124 g/mol. The molecule has 0 saturated carbocycles. The van der Waals surface area contributed by atoms with Crippen LogP contribution in [0.2, 0.25) is 0 Å². The Kier molecular flexibility index (Phi) is 1.03. The van der Waals surface area contributed by atoms with Crippen molar-refractivity contribution in [1.82, 2.24) is 0 Å². The zero-order chi connectivity index (χ0) is 7.90. The minimum atomic E-state index is -0.679. The van der Waals surface area contributed by atoms with Crippen LogP contribution in [0.4, 0.5) is 0 Å². The third kappa shape index (κ3) is 0.929. The van der Waals surface area contributed by atoms with Crippen molar-refractivity contribution >= 4 is 0 Å². The molecule has 1 saturated heterocycles. The van der Waals surface area contributed by atoms with E-state index in [2.05, 4.69) is 0 Å². The van der Waals surface area contributed by atoms with E-state index in [1.807, 2.05) is 30.3 Å². The van der Waals surface area contributed by atoms with Gasteiger partial charge in [-0.1, -0.05) is 30.3 Å². The van der Waals surface area contributed by atoms with Crippen LogP contribution in [0.15, 0.2) is 30.3 Å². The van der Waals surface area contributed by atoms with E-state index in [1.54, 1.807) is 6.92 Å². The highest BCUT2D eigenvalue weighted by Crippen LogP contribution is 2.37. The van der Waals surface area contributed by atoms with Gasteiger partial charge in [-0.05, 0) is 12.5 Å². The largest absolute Gasteiger partial charge is 0.365 e. The van der Waals surface area contributed by atoms with Gasteiger partial charge in [0.05, 0.1) is 7.45 Å². The van der Waals surface area contributed by atoms with Crippen LogP contribution in [-0.4, -0.2) is 6.08 Å². The Labute approximate surface area is 62.0 Å². The topological polar surface area (TPSA) is 12.5 Å². The van der Waals surface area contributed by atoms with Gasteiger partial charge >= 0.3 is 0 Å². The van der Waals surface area contributed by atoms with E-state index in [0.717, 1.165) is 5.56 Å². The lowest BCUT2D eigenvalue weighted by Crippen LogP contribution is -1.80. The van der Waals surface area contributed by atoms with Crippen molar-refractivity contribution < 1.29 is 6.11 Å². The number of epoxide rings is 1. The fourth-order valence-corrected chi connectivity index (χ4v) is 1.08. The van der Waals surface area contributed by atoms with Gasteiger partial charge in [0, 0.05) is 0 Å². The number of benzene rings is 1. The Hall–Kier alpha value is -0.820. The van der Waals surface area contributed by atoms with E-state index >= 15 is 0 Å². The number of hydrogen-bond donors (Lipinski definition) is 0. The third-order valence-electron chi connectivity index (χ3n) is 1.72. The van der Waals surface area contributed by atoms with Crippen LogP contribution in [0.3, 0.4) is 0 Å². The van der Waals surface area contributed by atoms with Gasteiger partial charge in [-0.25, -0.2) is 0 Å². The van der Waals surface area contributed by atoms with E-state index in [-0.39, 0.29) is 6.10 Å². The minimum absolute atomic E-state index is 0.0105. The second-order valence-corrected chi connectivity index (χ2v) is 2.52. The fraction of sp³-hybridized carbons (Fsp3) is 0.333. The molecule has 0 N–H and O–H groups in total. The average molecular weight is 135 g/mol. The Balaban J connectivity index is 2.21. The van der Waals surface area contributed by atoms with Crippen molar-refractivity contribution in [2.24, 2.45) is 0 Å². The standard InChI is InChI=1S/C9H10O/c1-7-9(10-7)8-5-3-2-4-6-8/h2-7,9H,1H3/i7D. The number of hydrogen-bond acceptors (Lipinski definition) is 1. The summed E-state index contributed by atoms with van der Waals surface area (Å²) in [5.41, 5.74) is 1.10. The SMILES string of the molecule is [2H]C1(C)OC1c1ccccc1. The van der Waals surface area contributed by atoms with Gasteiger partial charge in [-0.15, -0.1) is 0 Å². The number of ether oxygens (including phenoxy) is 1. The maximum absolute atomic E-state index is 7.52. The highest BCUT2D eigenvalue weighted by atomic mass is 16.6. The van der Waals surface area contributed by atoms with Crippen molar-refractivity contribution in [3.63, 3.8) is 0 Å². The molecule has 0 aromatic heterocycles. The monoisotopic (exact) mass is 135 g/mol. The number of rotatable bonds is 1. The van der Waals surface area contributed by atoms with Crippen molar-refractivity contribution in [2.45, 2.75) is 19.1 Å². The maximum atomic E-state index is 7.52. The molecular formula is C9H10O. The molecule has 1 heteroatoms. The summed E-state index contributed by atoms with van der Waals surface area (Å²) in [5.74, 6) is 0. The Morgan fingerprint density at radius 3 is 2.50 bits per heavy atom. The normalized spacial score (nSPS) is 38.9. The van der Waals surface area contributed by atoms with E-state index in [1.165, 1.54) is 0 Å². The first-order valence-corrected chi connectivity index (χ1v) is 3.43. The highest BCUT2D eigenvalue weighted by Gasteiger charge is 2.35. The molecule has 2 rings (SSSR count). The summed E-state index contributed by atoms with van der Waals surface area (Å²) < 4.78 is 12.7. The van der Waals surface area contributed by atoms with Gasteiger partial charge in [0.15, 0.2) is 0 Å². The van der Waals surface area contributed by atoms with Crippen LogP contribution >= 0.6 is 0 Å². The summed E-state index contributed by atoms with van der Waals surface area (Å²) in [4.78, 5) is 0. The third-order valence-corrected chi connectivity index (χ3v) is 1.72. The molecule has 1 fully saturated rings. The quantitative estimate of drug-likeness (QED) is 0.537. The van der Waals surface area contributed by atoms with Gasteiger partial charge < -0.3 is 4.74 Å². The molecule has 1 aliphatic heterocycles. The summed E-state index contributed by atoms with van der Waals surface area (Å²) in [7, 11) is 0. The lowest BCUT2D eigenvalue weighted by atomic mass is 10.1. The van der Waals surface area contributed by atoms with Gasteiger partial charge in [0.25, 0.3) is 0 Å². The molecule has 1 nitrogen and oxygen atoms in total. The van der Waals surface area contributed by atoms with Gasteiger partial charge in [0.2, 0.25) is 0 Å². The molecule has 1 aliphatic rings. The predicted octanol–water partition coefficient (Wildman–Crippen LogP) is 2.15. The van der Waals surface area contributed by atoms with E-state index < -0.39 is 6.08 Å². The lowest BCUT2D eigenvalue weighted by molar-refractivity contribution is 0.383. The minimum Gasteiger partial charge on any atom is -0.365 e. The molecule has 1 heterocycles. The Bertz CT molecular complexity index is 256. The Morgan fingerprint density at radius 2 is 2.00 bits per heavy atom. The smallest absolute Gasteiger partial charge is 0.109 e. The maximum Gasteiger partial charge on any atom is 0.109 e. The first kappa shape index (κ1) is 4.91. The molecule has 1 aromatic carbocycles. The second kappa shape index (κ2) is 2.10. The first-order valence-electron chi connectivity index (χ1n) is 3.93. The molecule has 2 unspecified atom stereocenters. The molecule has 0 bridgehead atoms. The van der Waals surface area contributed by atoms with Crippen LogP contribution in [0.25, 0.3) is 0 Å². The van der Waals surface area contributed by atoms with E-state index in [9.17, 15) is 0 Å². The van der Waals surface area contributed by atoms with Crippen LogP contribution in [0.5, 0.6) is 0 Å². The molecule has 0 amide bonds. The highest BCUT2D eigenvalue weighted by molar-refractivity contribution is 5.21. The summed E-state index contributed by atoms with van der Waals surface area (Å²) >= 11 is 0. The molecule has 0 radical (unpaired) electrons. The van der Waals surface area contributed by atoms with E-state index in [4.69, 9.17) is 6.11 Å². The van der Waals surface area contributed by atoms with Crippen molar-refractivity contribution in [3.8, 4) is 0 Å². The first-order chi connectivity index (χ1) is 5.20. The lowest BCUT2D eigenvalue weighted by Gasteiger charge is -1.90. The van der Waals surface area contributed by atoms with Crippen molar-refractivity contribution in [3.05, 3.63) is 35.9 Å². The van der Waals surface area contributed by atoms with Gasteiger partial charge in [-0.2, -0.15) is 0 Å². The van der Waals surface area contributed by atoms with Crippen LogP contribution in [-0.2, 0) is 4.74 Å². The molecule has 1 aromatic rings. The van der Waals surface area contributed by atoms with Crippen molar-refractivity contribution in [2.75, 3.05) is 0 Å². The van der Waals surface area contributed by atoms with Crippen LogP contribution in [0, 0.1) is 0 Å². The second-order valence-electron chi connectivity index (χ2n) is 2.52. The van der Waals surface area contributed by atoms with E-state index in [0.29, 0.717) is 0 Å². The molecule has 10 heavy (non-hydrogen) atoms. The molecule has 52 valence electrons. The average Bonchev–Trinajstić information content (AvgIpc) is 2.62. The molecule has 0 spiro atoms. The summed E-state index contributed by atoms with van der Waals surface area (Å²) in [5, 5.41) is 0.